The van der Waals surface area contributed by atoms with Crippen molar-refractivity contribution in [2.45, 2.75) is 12.2 Å². The number of carbonyl (C=O) groups is 2. The standard InChI is InChI=1S/C19H19N3O3S2/c23-18(21-14-5-2-1-3-6-14)8-9-20-19(24)13-26-12-15-11-16(25-22-15)17-7-4-10-27-17/h1-7,10-11H,8-9,12-13H2,(H,20,24)(H,21,23). The van der Waals surface area contributed by atoms with E-state index in [2.05, 4.69) is 15.8 Å². The van der Waals surface area contributed by atoms with Gasteiger partial charge in [-0.2, -0.15) is 0 Å². The number of hydrogen-bond donors (Lipinski definition) is 2. The fourth-order valence-electron chi connectivity index (χ4n) is 2.27. The second-order valence-corrected chi connectivity index (χ2v) is 7.60. The summed E-state index contributed by atoms with van der Waals surface area (Å²) < 4.78 is 5.31. The zero-order chi connectivity index (χ0) is 18.9. The topological polar surface area (TPSA) is 84.2 Å². The first-order chi connectivity index (χ1) is 13.2. The Hall–Kier alpha value is -2.58. The summed E-state index contributed by atoms with van der Waals surface area (Å²) in [5, 5.41) is 11.5. The van der Waals surface area contributed by atoms with Crippen LogP contribution in [0.4, 0.5) is 5.69 Å². The van der Waals surface area contributed by atoms with Crippen molar-refractivity contribution in [2.75, 3.05) is 17.6 Å². The van der Waals surface area contributed by atoms with Crippen LogP contribution >= 0.6 is 23.1 Å². The number of nitrogens with zero attached hydrogens (tertiary/aromatic N) is 1. The Kier molecular flexibility index (Phi) is 7.06. The Morgan fingerprint density at radius 2 is 1.96 bits per heavy atom. The second-order valence-electron chi connectivity index (χ2n) is 5.67. The van der Waals surface area contributed by atoms with Crippen LogP contribution in [0.5, 0.6) is 0 Å². The van der Waals surface area contributed by atoms with E-state index in [1.54, 1.807) is 11.3 Å². The van der Waals surface area contributed by atoms with Gasteiger partial charge in [0, 0.05) is 30.5 Å². The molecular weight excluding hydrogens is 382 g/mol. The number of thioether (sulfide) groups is 1. The summed E-state index contributed by atoms with van der Waals surface area (Å²) in [5.74, 6) is 1.42. The molecule has 27 heavy (non-hydrogen) atoms. The average molecular weight is 402 g/mol. The fourth-order valence-corrected chi connectivity index (χ4v) is 3.68. The molecule has 0 fully saturated rings. The molecule has 1 aromatic carbocycles. The quantitative estimate of drug-likeness (QED) is 0.570. The molecule has 0 aliphatic carbocycles. The summed E-state index contributed by atoms with van der Waals surface area (Å²) in [4.78, 5) is 24.7. The fraction of sp³-hybridized carbons (Fsp3) is 0.211. The second kappa shape index (κ2) is 9.94. The van der Waals surface area contributed by atoms with Crippen LogP contribution in [0.15, 0.2) is 58.4 Å². The van der Waals surface area contributed by atoms with Crippen molar-refractivity contribution in [2.24, 2.45) is 0 Å². The molecule has 0 spiro atoms. The minimum Gasteiger partial charge on any atom is -0.355 e. The highest BCUT2D eigenvalue weighted by Gasteiger charge is 2.09. The van der Waals surface area contributed by atoms with Crippen molar-refractivity contribution in [1.29, 1.82) is 0 Å². The lowest BCUT2D eigenvalue weighted by atomic mass is 10.3. The first-order valence-electron chi connectivity index (χ1n) is 8.39. The molecule has 0 atom stereocenters. The smallest absolute Gasteiger partial charge is 0.230 e. The van der Waals surface area contributed by atoms with Gasteiger partial charge in [-0.3, -0.25) is 9.59 Å². The summed E-state index contributed by atoms with van der Waals surface area (Å²) >= 11 is 3.05. The van der Waals surface area contributed by atoms with Gasteiger partial charge >= 0.3 is 0 Å². The monoisotopic (exact) mass is 401 g/mol. The summed E-state index contributed by atoms with van der Waals surface area (Å²) in [6.07, 6.45) is 0.235. The van der Waals surface area contributed by atoms with Gasteiger partial charge in [0.2, 0.25) is 11.8 Å². The van der Waals surface area contributed by atoms with Crippen LogP contribution in [0.1, 0.15) is 12.1 Å². The zero-order valence-corrected chi connectivity index (χ0v) is 16.1. The lowest BCUT2D eigenvalue weighted by Gasteiger charge is -2.06. The van der Waals surface area contributed by atoms with Gasteiger partial charge in [-0.05, 0) is 23.6 Å². The van der Waals surface area contributed by atoms with Crippen molar-refractivity contribution >= 4 is 40.6 Å². The lowest BCUT2D eigenvalue weighted by Crippen LogP contribution is -2.29. The number of amides is 2. The van der Waals surface area contributed by atoms with Gasteiger partial charge in [0.15, 0.2) is 5.76 Å². The van der Waals surface area contributed by atoms with Gasteiger partial charge in [-0.25, -0.2) is 0 Å². The van der Waals surface area contributed by atoms with Gasteiger partial charge in [-0.15, -0.1) is 23.1 Å². The minimum absolute atomic E-state index is 0.102. The molecule has 0 aliphatic rings. The SMILES string of the molecule is O=C(CSCc1cc(-c2cccs2)on1)NCCC(=O)Nc1ccccc1. The Labute approximate surface area is 165 Å². The molecule has 0 saturated carbocycles. The highest BCUT2D eigenvalue weighted by atomic mass is 32.2. The highest BCUT2D eigenvalue weighted by molar-refractivity contribution is 7.99. The molecule has 0 radical (unpaired) electrons. The number of nitrogens with one attached hydrogen (secondary N) is 2. The number of anilines is 1. The molecule has 2 heterocycles. The van der Waals surface area contributed by atoms with Gasteiger partial charge in [-0.1, -0.05) is 29.4 Å². The molecule has 6 nitrogen and oxygen atoms in total. The van der Waals surface area contributed by atoms with E-state index in [4.69, 9.17) is 4.52 Å². The summed E-state index contributed by atoms with van der Waals surface area (Å²) in [5.41, 5.74) is 1.55. The van der Waals surface area contributed by atoms with E-state index in [1.807, 2.05) is 53.9 Å². The van der Waals surface area contributed by atoms with E-state index in [0.717, 1.165) is 22.0 Å². The Morgan fingerprint density at radius 1 is 1.11 bits per heavy atom. The minimum atomic E-state index is -0.127. The van der Waals surface area contributed by atoms with E-state index in [9.17, 15) is 9.59 Å². The van der Waals surface area contributed by atoms with E-state index in [0.29, 0.717) is 18.1 Å². The number of para-hydroxylation sites is 1. The Balaban J connectivity index is 1.30. The number of benzene rings is 1. The van der Waals surface area contributed by atoms with E-state index < -0.39 is 0 Å². The van der Waals surface area contributed by atoms with Crippen LogP contribution in [0.2, 0.25) is 0 Å². The van der Waals surface area contributed by atoms with E-state index >= 15 is 0 Å². The van der Waals surface area contributed by atoms with Crippen molar-refractivity contribution in [1.82, 2.24) is 10.5 Å². The summed E-state index contributed by atoms with van der Waals surface area (Å²) in [6, 6.07) is 15.1. The van der Waals surface area contributed by atoms with Gasteiger partial charge < -0.3 is 15.2 Å². The maximum atomic E-state index is 11.9. The summed E-state index contributed by atoms with van der Waals surface area (Å²) in [6.45, 7) is 0.310. The van der Waals surface area contributed by atoms with Gasteiger partial charge in [0.05, 0.1) is 16.3 Å². The maximum absolute atomic E-state index is 11.9. The zero-order valence-electron chi connectivity index (χ0n) is 14.5. The number of rotatable bonds is 9. The molecule has 2 aromatic heterocycles. The van der Waals surface area contributed by atoms with Crippen LogP contribution < -0.4 is 10.6 Å². The number of thiophene rings is 1. The van der Waals surface area contributed by atoms with Crippen LogP contribution in [0, 0.1) is 0 Å². The molecule has 0 bridgehead atoms. The van der Waals surface area contributed by atoms with Crippen LogP contribution in [-0.2, 0) is 15.3 Å². The lowest BCUT2D eigenvalue weighted by molar-refractivity contribution is -0.119. The first-order valence-corrected chi connectivity index (χ1v) is 10.4. The first kappa shape index (κ1) is 19.2. The molecule has 2 amide bonds. The molecule has 140 valence electrons. The largest absolute Gasteiger partial charge is 0.355 e. The molecule has 8 heteroatoms. The van der Waals surface area contributed by atoms with Crippen LogP contribution in [-0.4, -0.2) is 29.3 Å². The van der Waals surface area contributed by atoms with E-state index in [1.165, 1.54) is 11.8 Å². The molecule has 3 rings (SSSR count). The number of aromatic nitrogens is 1. The van der Waals surface area contributed by atoms with E-state index in [-0.39, 0.29) is 18.2 Å². The molecule has 0 saturated heterocycles. The maximum Gasteiger partial charge on any atom is 0.230 e. The van der Waals surface area contributed by atoms with Crippen molar-refractivity contribution in [3.63, 3.8) is 0 Å². The average Bonchev–Trinajstić information content (AvgIpc) is 3.34. The summed E-state index contributed by atoms with van der Waals surface area (Å²) in [7, 11) is 0. The molecule has 0 unspecified atom stereocenters. The predicted molar refractivity (Wildman–Crippen MR) is 109 cm³/mol. The van der Waals surface area contributed by atoms with Gasteiger partial charge in [0.25, 0.3) is 0 Å². The third kappa shape index (κ3) is 6.26. The normalized spacial score (nSPS) is 10.5. The van der Waals surface area contributed by atoms with Crippen LogP contribution in [0.25, 0.3) is 10.6 Å². The highest BCUT2D eigenvalue weighted by Crippen LogP contribution is 2.26. The van der Waals surface area contributed by atoms with Crippen LogP contribution in [0.3, 0.4) is 0 Å². The number of hydrogen-bond acceptors (Lipinski definition) is 6. The molecular formula is C19H19N3O3S2. The third-order valence-corrected chi connectivity index (χ3v) is 5.39. The third-order valence-electron chi connectivity index (χ3n) is 3.54. The van der Waals surface area contributed by atoms with Crippen molar-refractivity contribution in [3.8, 4) is 10.6 Å². The Bertz CT molecular complexity index is 863. The molecule has 2 N–H and O–H groups in total. The Morgan fingerprint density at radius 3 is 2.74 bits per heavy atom. The van der Waals surface area contributed by atoms with Crippen molar-refractivity contribution in [3.05, 3.63) is 59.6 Å². The number of carbonyl (C=O) groups excluding carboxylic acids is 2. The van der Waals surface area contributed by atoms with Gasteiger partial charge in [0.1, 0.15) is 0 Å². The predicted octanol–water partition coefficient (Wildman–Crippen LogP) is 3.78. The molecule has 3 aromatic rings. The van der Waals surface area contributed by atoms with Crippen molar-refractivity contribution < 1.29 is 14.1 Å². The molecule has 0 aliphatic heterocycles.